The van der Waals surface area contributed by atoms with Gasteiger partial charge in [0.1, 0.15) is 0 Å². The molecule has 68 valence electrons. The number of fused-ring (bicyclic) bond motifs is 1. The van der Waals surface area contributed by atoms with E-state index in [0.717, 1.165) is 24.0 Å². The highest BCUT2D eigenvalue weighted by Gasteiger charge is 2.03. The van der Waals surface area contributed by atoms with Crippen molar-refractivity contribution in [1.29, 1.82) is 0 Å². The zero-order chi connectivity index (χ0) is 9.26. The average molecular weight is 197 g/mol. The second-order valence-corrected chi connectivity index (χ2v) is 3.12. The van der Waals surface area contributed by atoms with Crippen LogP contribution in [-0.4, -0.2) is 19.7 Å². The summed E-state index contributed by atoms with van der Waals surface area (Å²) in [7, 11) is 0. The monoisotopic (exact) mass is 196 g/mol. The minimum absolute atomic E-state index is 0.269. The Kier molecular flexibility index (Phi) is 2.14. The molecule has 0 N–H and O–H groups in total. The van der Waals surface area contributed by atoms with E-state index in [1.807, 2.05) is 4.68 Å². The van der Waals surface area contributed by atoms with E-state index in [-0.39, 0.29) is 5.28 Å². The van der Waals surface area contributed by atoms with E-state index in [1.54, 1.807) is 12.4 Å². The third kappa shape index (κ3) is 1.49. The van der Waals surface area contributed by atoms with Crippen LogP contribution in [0.1, 0.15) is 13.3 Å². The van der Waals surface area contributed by atoms with E-state index in [1.165, 1.54) is 0 Å². The molecule has 2 aromatic rings. The largest absolute Gasteiger partial charge is 0.247 e. The number of aryl methyl sites for hydroxylation is 1. The first kappa shape index (κ1) is 8.44. The predicted molar refractivity (Wildman–Crippen MR) is 50.6 cm³/mol. The molecular formula is C8H9ClN4. The predicted octanol–water partition coefficient (Wildman–Crippen LogP) is 1.89. The summed E-state index contributed by atoms with van der Waals surface area (Å²) in [6, 6.07) is 0. The molecule has 0 aliphatic heterocycles. The SMILES string of the molecule is CCCn1ncc2cnc(Cl)nc21. The highest BCUT2D eigenvalue weighted by atomic mass is 35.5. The van der Waals surface area contributed by atoms with Gasteiger partial charge < -0.3 is 0 Å². The van der Waals surface area contributed by atoms with Crippen LogP contribution in [0.4, 0.5) is 0 Å². The molecule has 0 saturated carbocycles. The Balaban J connectivity index is 2.58. The fraction of sp³-hybridized carbons (Fsp3) is 0.375. The molecule has 4 nitrogen and oxygen atoms in total. The molecule has 0 fully saturated rings. The van der Waals surface area contributed by atoms with Gasteiger partial charge in [0, 0.05) is 12.7 Å². The molecule has 2 aromatic heterocycles. The van der Waals surface area contributed by atoms with Crippen LogP contribution in [0.25, 0.3) is 11.0 Å². The molecule has 0 bridgehead atoms. The summed E-state index contributed by atoms with van der Waals surface area (Å²) in [5.41, 5.74) is 0.807. The summed E-state index contributed by atoms with van der Waals surface area (Å²) in [6.07, 6.45) is 4.46. The molecule has 0 aliphatic carbocycles. The summed E-state index contributed by atoms with van der Waals surface area (Å²) in [5.74, 6) is 0. The van der Waals surface area contributed by atoms with E-state index >= 15 is 0 Å². The lowest BCUT2D eigenvalue weighted by Crippen LogP contribution is -1.99. The number of aromatic nitrogens is 4. The van der Waals surface area contributed by atoms with Crippen molar-refractivity contribution in [2.24, 2.45) is 0 Å². The fourth-order valence-corrected chi connectivity index (χ4v) is 1.35. The average Bonchev–Trinajstić information content (AvgIpc) is 2.49. The van der Waals surface area contributed by atoms with Gasteiger partial charge in [-0.2, -0.15) is 10.1 Å². The Morgan fingerprint density at radius 1 is 1.46 bits per heavy atom. The van der Waals surface area contributed by atoms with Crippen LogP contribution in [0, 0.1) is 0 Å². The lowest BCUT2D eigenvalue weighted by Gasteiger charge is -1.98. The number of nitrogens with zero attached hydrogens (tertiary/aromatic N) is 4. The lowest BCUT2D eigenvalue weighted by atomic mass is 10.4. The topological polar surface area (TPSA) is 43.6 Å². The highest BCUT2D eigenvalue weighted by Crippen LogP contribution is 2.12. The van der Waals surface area contributed by atoms with Crippen molar-refractivity contribution in [3.63, 3.8) is 0 Å². The molecule has 5 heteroatoms. The van der Waals surface area contributed by atoms with Crippen LogP contribution in [0.2, 0.25) is 5.28 Å². The Morgan fingerprint density at radius 3 is 3.08 bits per heavy atom. The summed E-state index contributed by atoms with van der Waals surface area (Å²) in [6.45, 7) is 2.95. The molecule has 2 rings (SSSR count). The van der Waals surface area contributed by atoms with Gasteiger partial charge in [0.15, 0.2) is 5.65 Å². The van der Waals surface area contributed by atoms with Gasteiger partial charge in [-0.15, -0.1) is 0 Å². The van der Waals surface area contributed by atoms with Crippen LogP contribution in [0.15, 0.2) is 12.4 Å². The summed E-state index contributed by atoms with van der Waals surface area (Å²) < 4.78 is 1.84. The first-order valence-corrected chi connectivity index (χ1v) is 4.53. The quantitative estimate of drug-likeness (QED) is 0.689. The number of hydrogen-bond acceptors (Lipinski definition) is 3. The van der Waals surface area contributed by atoms with Gasteiger partial charge in [-0.25, -0.2) is 9.67 Å². The Labute approximate surface area is 80.6 Å². The van der Waals surface area contributed by atoms with Gasteiger partial charge >= 0.3 is 0 Å². The molecule has 0 amide bonds. The normalized spacial score (nSPS) is 10.9. The first-order valence-electron chi connectivity index (χ1n) is 4.15. The summed E-state index contributed by atoms with van der Waals surface area (Å²) in [5, 5.41) is 5.38. The van der Waals surface area contributed by atoms with Crippen molar-refractivity contribution in [2.45, 2.75) is 19.9 Å². The standard InChI is InChI=1S/C8H9ClN4/c1-2-3-13-7-6(5-11-13)4-10-8(9)12-7/h4-5H,2-3H2,1H3. The van der Waals surface area contributed by atoms with Gasteiger partial charge in [-0.3, -0.25) is 0 Å². The Bertz CT molecular complexity index is 423. The molecular weight excluding hydrogens is 188 g/mol. The van der Waals surface area contributed by atoms with Crippen LogP contribution in [0.5, 0.6) is 0 Å². The zero-order valence-electron chi connectivity index (χ0n) is 7.24. The van der Waals surface area contributed by atoms with Crippen LogP contribution < -0.4 is 0 Å². The zero-order valence-corrected chi connectivity index (χ0v) is 7.99. The van der Waals surface area contributed by atoms with Gasteiger partial charge in [-0.05, 0) is 18.0 Å². The molecule has 2 heterocycles. The van der Waals surface area contributed by atoms with Crippen molar-refractivity contribution >= 4 is 22.6 Å². The van der Waals surface area contributed by atoms with Crippen LogP contribution >= 0.6 is 11.6 Å². The van der Waals surface area contributed by atoms with Gasteiger partial charge in [0.2, 0.25) is 5.28 Å². The van der Waals surface area contributed by atoms with Crippen molar-refractivity contribution in [2.75, 3.05) is 0 Å². The Morgan fingerprint density at radius 2 is 2.31 bits per heavy atom. The summed E-state index contributed by atoms with van der Waals surface area (Å²) in [4.78, 5) is 7.99. The lowest BCUT2D eigenvalue weighted by molar-refractivity contribution is 0.617. The molecule has 0 unspecified atom stereocenters. The smallest absolute Gasteiger partial charge is 0.224 e. The maximum absolute atomic E-state index is 5.68. The van der Waals surface area contributed by atoms with Crippen molar-refractivity contribution in [1.82, 2.24) is 19.7 Å². The second kappa shape index (κ2) is 3.30. The molecule has 0 radical (unpaired) electrons. The molecule has 13 heavy (non-hydrogen) atoms. The van der Waals surface area contributed by atoms with Gasteiger partial charge in [-0.1, -0.05) is 6.92 Å². The second-order valence-electron chi connectivity index (χ2n) is 2.79. The van der Waals surface area contributed by atoms with E-state index < -0.39 is 0 Å². The highest BCUT2D eigenvalue weighted by molar-refractivity contribution is 6.28. The number of rotatable bonds is 2. The van der Waals surface area contributed by atoms with Gasteiger partial charge in [0.05, 0.1) is 11.6 Å². The Hall–Kier alpha value is -1.16. The minimum Gasteiger partial charge on any atom is -0.247 e. The molecule has 0 saturated heterocycles. The van der Waals surface area contributed by atoms with Gasteiger partial charge in [0.25, 0.3) is 0 Å². The van der Waals surface area contributed by atoms with Crippen molar-refractivity contribution in [3.8, 4) is 0 Å². The maximum atomic E-state index is 5.68. The molecule has 0 aliphatic rings. The van der Waals surface area contributed by atoms with Crippen LogP contribution in [0.3, 0.4) is 0 Å². The minimum atomic E-state index is 0.269. The van der Waals surface area contributed by atoms with Crippen molar-refractivity contribution < 1.29 is 0 Å². The molecule has 0 aromatic carbocycles. The first-order chi connectivity index (χ1) is 6.31. The third-order valence-electron chi connectivity index (χ3n) is 1.78. The summed E-state index contributed by atoms with van der Waals surface area (Å²) >= 11 is 5.68. The van der Waals surface area contributed by atoms with E-state index in [9.17, 15) is 0 Å². The molecule has 0 atom stereocenters. The number of hydrogen-bond donors (Lipinski definition) is 0. The van der Waals surface area contributed by atoms with E-state index in [2.05, 4.69) is 22.0 Å². The maximum Gasteiger partial charge on any atom is 0.224 e. The van der Waals surface area contributed by atoms with Crippen LogP contribution in [-0.2, 0) is 6.54 Å². The van der Waals surface area contributed by atoms with E-state index in [0.29, 0.717) is 0 Å². The molecule has 0 spiro atoms. The third-order valence-corrected chi connectivity index (χ3v) is 1.96. The number of halogens is 1. The van der Waals surface area contributed by atoms with Crippen molar-refractivity contribution in [3.05, 3.63) is 17.7 Å². The van der Waals surface area contributed by atoms with E-state index in [4.69, 9.17) is 11.6 Å². The fourth-order valence-electron chi connectivity index (χ4n) is 1.22.